The molecule has 148 valence electrons. The summed E-state index contributed by atoms with van der Waals surface area (Å²) in [5, 5.41) is 3.48. The number of amides is 3. The van der Waals surface area contributed by atoms with Crippen molar-refractivity contribution in [2.24, 2.45) is 0 Å². The Balaban J connectivity index is 1.46. The number of hydrogen-bond donors (Lipinski definition) is 4. The van der Waals surface area contributed by atoms with Gasteiger partial charge in [-0.1, -0.05) is 48.5 Å². The van der Waals surface area contributed by atoms with E-state index in [1.54, 1.807) is 54.7 Å². The minimum Gasteiger partial charge on any atom is -0.360 e. The average molecular weight is 398 g/mol. The fourth-order valence-corrected chi connectivity index (χ4v) is 3.08. The molecule has 30 heavy (non-hydrogen) atoms. The molecule has 0 radical (unpaired) electrons. The standard InChI is InChI=1S/C23H18N4O3/c28-21(15-8-2-1-3-9-15)25-20-13-7-5-11-17(20)22(29)26-27-23(30)18-14-24-19-12-6-4-10-16(18)19/h1-14,24H,(H,25,28)(H,26,29)(H,27,30). The molecule has 0 unspecified atom stereocenters. The van der Waals surface area contributed by atoms with Crippen molar-refractivity contribution in [2.75, 3.05) is 5.32 Å². The van der Waals surface area contributed by atoms with E-state index in [1.807, 2.05) is 30.3 Å². The van der Waals surface area contributed by atoms with Crippen LogP contribution in [0.2, 0.25) is 0 Å². The molecule has 7 nitrogen and oxygen atoms in total. The van der Waals surface area contributed by atoms with Crippen molar-refractivity contribution < 1.29 is 14.4 Å². The van der Waals surface area contributed by atoms with E-state index in [4.69, 9.17) is 0 Å². The molecule has 0 aliphatic rings. The summed E-state index contributed by atoms with van der Waals surface area (Å²) in [6.07, 6.45) is 1.58. The minimum atomic E-state index is -0.549. The van der Waals surface area contributed by atoms with E-state index in [-0.39, 0.29) is 11.5 Å². The SMILES string of the molecule is O=C(Nc1ccccc1C(=O)NNC(=O)c1c[nH]c2ccccc12)c1ccccc1. The molecule has 0 fully saturated rings. The lowest BCUT2D eigenvalue weighted by molar-refractivity contribution is 0.0848. The Bertz CT molecular complexity index is 1230. The molecule has 0 atom stereocenters. The zero-order valence-electron chi connectivity index (χ0n) is 15.8. The van der Waals surface area contributed by atoms with E-state index < -0.39 is 11.8 Å². The third-order valence-electron chi connectivity index (χ3n) is 4.58. The molecule has 1 heterocycles. The Labute approximate surface area is 172 Å². The number of aromatic nitrogens is 1. The van der Waals surface area contributed by atoms with Gasteiger partial charge in [0.2, 0.25) is 0 Å². The topological polar surface area (TPSA) is 103 Å². The van der Waals surface area contributed by atoms with Crippen molar-refractivity contribution in [1.82, 2.24) is 15.8 Å². The number of hydrogen-bond acceptors (Lipinski definition) is 3. The summed E-state index contributed by atoms with van der Waals surface area (Å²) in [7, 11) is 0. The molecule has 4 rings (SSSR count). The summed E-state index contributed by atoms with van der Waals surface area (Å²) in [5.41, 5.74) is 7.09. The van der Waals surface area contributed by atoms with Gasteiger partial charge in [-0.2, -0.15) is 0 Å². The predicted molar refractivity (Wildman–Crippen MR) is 114 cm³/mol. The van der Waals surface area contributed by atoms with Gasteiger partial charge in [-0.25, -0.2) is 0 Å². The normalized spacial score (nSPS) is 10.4. The Morgan fingerprint density at radius 3 is 2.07 bits per heavy atom. The molecule has 0 bridgehead atoms. The number of aromatic amines is 1. The van der Waals surface area contributed by atoms with Crippen molar-refractivity contribution in [2.45, 2.75) is 0 Å². The number of carbonyl (C=O) groups excluding carboxylic acids is 3. The summed E-state index contributed by atoms with van der Waals surface area (Å²) < 4.78 is 0. The smallest absolute Gasteiger partial charge is 0.271 e. The predicted octanol–water partition coefficient (Wildman–Crippen LogP) is 3.50. The maximum absolute atomic E-state index is 12.6. The molecule has 0 aliphatic heterocycles. The maximum atomic E-state index is 12.6. The second-order valence-corrected chi connectivity index (χ2v) is 6.52. The van der Waals surface area contributed by atoms with Crippen LogP contribution in [0.5, 0.6) is 0 Å². The zero-order valence-corrected chi connectivity index (χ0v) is 15.8. The van der Waals surface area contributed by atoms with Crippen LogP contribution in [0, 0.1) is 0 Å². The molecule has 3 amide bonds. The molecule has 7 heteroatoms. The van der Waals surface area contributed by atoms with Gasteiger partial charge < -0.3 is 10.3 Å². The third kappa shape index (κ3) is 3.90. The van der Waals surface area contributed by atoms with E-state index in [1.165, 1.54) is 0 Å². The summed E-state index contributed by atoms with van der Waals surface area (Å²) in [4.78, 5) is 40.6. The second-order valence-electron chi connectivity index (χ2n) is 6.52. The van der Waals surface area contributed by atoms with Crippen LogP contribution in [0.15, 0.2) is 85.1 Å². The van der Waals surface area contributed by atoms with Crippen LogP contribution in [0.1, 0.15) is 31.1 Å². The van der Waals surface area contributed by atoms with Crippen LogP contribution in [0.4, 0.5) is 5.69 Å². The van der Waals surface area contributed by atoms with Gasteiger partial charge in [0.15, 0.2) is 0 Å². The monoisotopic (exact) mass is 398 g/mol. The van der Waals surface area contributed by atoms with Gasteiger partial charge in [0.05, 0.1) is 16.8 Å². The summed E-state index contributed by atoms with van der Waals surface area (Å²) in [5.74, 6) is -1.34. The Morgan fingerprint density at radius 1 is 0.633 bits per heavy atom. The van der Waals surface area contributed by atoms with E-state index in [2.05, 4.69) is 21.2 Å². The number of benzene rings is 3. The van der Waals surface area contributed by atoms with Gasteiger partial charge in [0, 0.05) is 22.7 Å². The molecule has 4 N–H and O–H groups in total. The van der Waals surface area contributed by atoms with Gasteiger partial charge in [-0.3, -0.25) is 25.2 Å². The van der Waals surface area contributed by atoms with E-state index in [0.717, 1.165) is 10.9 Å². The number of fused-ring (bicyclic) bond motifs is 1. The molecule has 0 saturated carbocycles. The van der Waals surface area contributed by atoms with E-state index >= 15 is 0 Å². The number of nitrogens with one attached hydrogen (secondary N) is 4. The molecule has 0 spiro atoms. The minimum absolute atomic E-state index is 0.223. The van der Waals surface area contributed by atoms with Crippen molar-refractivity contribution in [3.8, 4) is 0 Å². The highest BCUT2D eigenvalue weighted by Crippen LogP contribution is 2.18. The molecular formula is C23H18N4O3. The number of carbonyl (C=O) groups is 3. The Hall–Kier alpha value is -4.39. The van der Waals surface area contributed by atoms with Crippen LogP contribution in [-0.2, 0) is 0 Å². The van der Waals surface area contributed by atoms with Gasteiger partial charge in [-0.05, 0) is 30.3 Å². The first-order chi connectivity index (χ1) is 14.6. The summed E-state index contributed by atoms with van der Waals surface area (Å²) in [6, 6.07) is 22.6. The fourth-order valence-electron chi connectivity index (χ4n) is 3.08. The first kappa shape index (κ1) is 18.9. The fraction of sp³-hybridized carbons (Fsp3) is 0. The Kier molecular flexibility index (Phi) is 5.25. The van der Waals surface area contributed by atoms with Crippen molar-refractivity contribution in [3.63, 3.8) is 0 Å². The quantitative estimate of drug-likeness (QED) is 0.396. The Morgan fingerprint density at radius 2 is 1.27 bits per heavy atom. The highest BCUT2D eigenvalue weighted by Gasteiger charge is 2.16. The van der Waals surface area contributed by atoms with E-state index in [9.17, 15) is 14.4 Å². The van der Waals surface area contributed by atoms with Crippen LogP contribution in [0.3, 0.4) is 0 Å². The third-order valence-corrected chi connectivity index (χ3v) is 4.58. The lowest BCUT2D eigenvalue weighted by atomic mass is 10.1. The molecule has 3 aromatic carbocycles. The van der Waals surface area contributed by atoms with Crippen LogP contribution < -0.4 is 16.2 Å². The lowest BCUT2D eigenvalue weighted by Crippen LogP contribution is -2.41. The highest BCUT2D eigenvalue weighted by atomic mass is 16.2. The van der Waals surface area contributed by atoms with Crippen molar-refractivity contribution >= 4 is 34.3 Å². The van der Waals surface area contributed by atoms with Crippen LogP contribution >= 0.6 is 0 Å². The molecule has 1 aromatic heterocycles. The van der Waals surface area contributed by atoms with Crippen molar-refractivity contribution in [1.29, 1.82) is 0 Å². The van der Waals surface area contributed by atoms with Gasteiger partial charge in [0.1, 0.15) is 0 Å². The molecule has 4 aromatic rings. The molecular weight excluding hydrogens is 380 g/mol. The van der Waals surface area contributed by atoms with Gasteiger partial charge >= 0.3 is 0 Å². The second kappa shape index (κ2) is 8.32. The lowest BCUT2D eigenvalue weighted by Gasteiger charge is -2.12. The largest absolute Gasteiger partial charge is 0.360 e. The first-order valence-electron chi connectivity index (χ1n) is 9.26. The number of H-pyrrole nitrogens is 1. The van der Waals surface area contributed by atoms with Crippen LogP contribution in [-0.4, -0.2) is 22.7 Å². The van der Waals surface area contributed by atoms with Crippen LogP contribution in [0.25, 0.3) is 10.9 Å². The number of hydrazine groups is 1. The highest BCUT2D eigenvalue weighted by molar-refractivity contribution is 6.10. The molecule has 0 aliphatic carbocycles. The number of para-hydroxylation sites is 2. The zero-order chi connectivity index (χ0) is 20.9. The summed E-state index contributed by atoms with van der Waals surface area (Å²) in [6.45, 7) is 0. The first-order valence-corrected chi connectivity index (χ1v) is 9.26. The molecule has 0 saturated heterocycles. The number of anilines is 1. The summed E-state index contributed by atoms with van der Waals surface area (Å²) >= 11 is 0. The average Bonchev–Trinajstić information content (AvgIpc) is 3.22. The maximum Gasteiger partial charge on any atom is 0.271 e. The van der Waals surface area contributed by atoms with Crippen molar-refractivity contribution in [3.05, 3.63) is 102 Å². The number of rotatable bonds is 4. The van der Waals surface area contributed by atoms with Gasteiger partial charge in [0.25, 0.3) is 17.7 Å². The van der Waals surface area contributed by atoms with Gasteiger partial charge in [-0.15, -0.1) is 0 Å². The van der Waals surface area contributed by atoms with E-state index in [0.29, 0.717) is 16.8 Å².